The number of ether oxygens (including phenoxy) is 1. The van der Waals surface area contributed by atoms with E-state index in [9.17, 15) is 9.90 Å². The van der Waals surface area contributed by atoms with Gasteiger partial charge in [0.25, 0.3) is 5.91 Å². The molecule has 1 amide bonds. The van der Waals surface area contributed by atoms with Crippen LogP contribution in [0.5, 0.6) is 5.75 Å². The number of aromatic hydroxyl groups is 1. The lowest BCUT2D eigenvalue weighted by molar-refractivity contribution is 0.0342. The third-order valence-electron chi connectivity index (χ3n) is 6.55. The predicted octanol–water partition coefficient (Wildman–Crippen LogP) is 4.28. The van der Waals surface area contributed by atoms with Crippen molar-refractivity contribution in [3.8, 4) is 5.75 Å². The molecule has 1 aliphatic heterocycles. The standard InChI is InChI=1S/C28H30N4O3/c1-19-5-3-6-20(13-19)15-25-23-16-24(27(33)17-26(23)30-29-25)28(34)31(2)22-8-4-7-21(14-22)18-32-9-11-35-12-10-32/h3-8,13-14,16-17,33H,9-12,15,18H2,1-2H3,(H,29,30). The molecule has 1 saturated heterocycles. The van der Waals surface area contributed by atoms with Crippen molar-refractivity contribution in [1.82, 2.24) is 15.1 Å². The summed E-state index contributed by atoms with van der Waals surface area (Å²) in [5.41, 5.74) is 6.06. The van der Waals surface area contributed by atoms with Gasteiger partial charge in [0.15, 0.2) is 0 Å². The first kappa shape index (κ1) is 23.1. The molecule has 0 aliphatic carbocycles. The summed E-state index contributed by atoms with van der Waals surface area (Å²) in [5.74, 6) is -0.333. The monoisotopic (exact) mass is 470 g/mol. The molecule has 2 N–H and O–H groups in total. The lowest BCUT2D eigenvalue weighted by Crippen LogP contribution is -2.35. The van der Waals surface area contributed by atoms with Gasteiger partial charge in [-0.15, -0.1) is 0 Å². The smallest absolute Gasteiger partial charge is 0.261 e. The lowest BCUT2D eigenvalue weighted by atomic mass is 10.0. The number of nitrogens with zero attached hydrogens (tertiary/aromatic N) is 3. The highest BCUT2D eigenvalue weighted by atomic mass is 16.5. The molecule has 4 aromatic rings. The molecular weight excluding hydrogens is 440 g/mol. The van der Waals surface area contributed by atoms with Crippen molar-refractivity contribution < 1.29 is 14.6 Å². The molecule has 5 rings (SSSR count). The number of amides is 1. The van der Waals surface area contributed by atoms with Crippen molar-refractivity contribution in [2.45, 2.75) is 19.9 Å². The van der Waals surface area contributed by atoms with Crippen LogP contribution in [0.2, 0.25) is 0 Å². The van der Waals surface area contributed by atoms with Crippen molar-refractivity contribution >= 4 is 22.5 Å². The molecule has 0 bridgehead atoms. The molecule has 35 heavy (non-hydrogen) atoms. The Morgan fingerprint density at radius 1 is 1.09 bits per heavy atom. The Balaban J connectivity index is 1.40. The summed E-state index contributed by atoms with van der Waals surface area (Å²) in [7, 11) is 1.74. The van der Waals surface area contributed by atoms with Gasteiger partial charge in [0.1, 0.15) is 5.75 Å². The van der Waals surface area contributed by atoms with E-state index in [1.807, 2.05) is 24.3 Å². The van der Waals surface area contributed by atoms with E-state index in [0.717, 1.165) is 60.7 Å². The van der Waals surface area contributed by atoms with Crippen molar-refractivity contribution in [2.75, 3.05) is 38.3 Å². The van der Waals surface area contributed by atoms with Gasteiger partial charge in [0.2, 0.25) is 0 Å². The van der Waals surface area contributed by atoms with E-state index in [1.54, 1.807) is 24.1 Å². The Labute approximate surface area is 204 Å². The zero-order chi connectivity index (χ0) is 24.4. The molecule has 0 radical (unpaired) electrons. The average molecular weight is 471 g/mol. The van der Waals surface area contributed by atoms with Crippen molar-refractivity contribution in [2.24, 2.45) is 0 Å². The van der Waals surface area contributed by atoms with Crippen molar-refractivity contribution in [3.63, 3.8) is 0 Å². The first-order valence-corrected chi connectivity index (χ1v) is 11.9. The van der Waals surface area contributed by atoms with Crippen LogP contribution >= 0.6 is 0 Å². The van der Waals surface area contributed by atoms with Crippen LogP contribution in [0.3, 0.4) is 0 Å². The maximum absolute atomic E-state index is 13.5. The second kappa shape index (κ2) is 9.90. The number of aryl methyl sites for hydroxylation is 1. The third-order valence-corrected chi connectivity index (χ3v) is 6.55. The summed E-state index contributed by atoms with van der Waals surface area (Å²) < 4.78 is 5.44. The van der Waals surface area contributed by atoms with E-state index in [2.05, 4.69) is 46.3 Å². The van der Waals surface area contributed by atoms with Crippen LogP contribution in [0.25, 0.3) is 10.9 Å². The summed E-state index contributed by atoms with van der Waals surface area (Å²) >= 11 is 0. The second-order valence-electron chi connectivity index (χ2n) is 9.17. The molecule has 1 aliphatic rings. The number of carbonyl (C=O) groups is 1. The number of aromatic amines is 1. The summed E-state index contributed by atoms with van der Waals surface area (Å²) in [4.78, 5) is 17.4. The summed E-state index contributed by atoms with van der Waals surface area (Å²) in [6.45, 7) is 6.19. The van der Waals surface area contributed by atoms with E-state index < -0.39 is 0 Å². The lowest BCUT2D eigenvalue weighted by Gasteiger charge is -2.27. The average Bonchev–Trinajstić information content (AvgIpc) is 3.24. The van der Waals surface area contributed by atoms with Crippen LogP contribution in [0.4, 0.5) is 5.69 Å². The number of benzene rings is 3. The number of aromatic nitrogens is 2. The highest BCUT2D eigenvalue weighted by molar-refractivity contribution is 6.09. The largest absolute Gasteiger partial charge is 0.507 e. The second-order valence-corrected chi connectivity index (χ2v) is 9.17. The number of phenolic OH excluding ortho intramolecular Hbond substituents is 1. The van der Waals surface area contributed by atoms with Gasteiger partial charge in [0.05, 0.1) is 30.0 Å². The van der Waals surface area contributed by atoms with Crippen molar-refractivity contribution in [3.05, 3.63) is 88.6 Å². The molecule has 3 aromatic carbocycles. The van der Waals surface area contributed by atoms with Crippen LogP contribution in [-0.2, 0) is 17.7 Å². The van der Waals surface area contributed by atoms with E-state index >= 15 is 0 Å². The molecule has 0 unspecified atom stereocenters. The van der Waals surface area contributed by atoms with Gasteiger partial charge in [-0.25, -0.2) is 0 Å². The highest BCUT2D eigenvalue weighted by Crippen LogP contribution is 2.29. The van der Waals surface area contributed by atoms with E-state index in [1.165, 1.54) is 5.56 Å². The molecule has 1 fully saturated rings. The Morgan fingerprint density at radius 2 is 1.86 bits per heavy atom. The highest BCUT2D eigenvalue weighted by Gasteiger charge is 2.21. The fourth-order valence-corrected chi connectivity index (χ4v) is 4.61. The fraction of sp³-hybridized carbons (Fsp3) is 0.286. The number of rotatable bonds is 6. The Hall–Kier alpha value is -3.68. The number of nitrogens with one attached hydrogen (secondary N) is 1. The summed E-state index contributed by atoms with van der Waals surface area (Å²) in [5, 5.41) is 18.9. The number of phenols is 1. The van der Waals surface area contributed by atoms with Crippen LogP contribution in [0.15, 0.2) is 60.7 Å². The quantitative estimate of drug-likeness (QED) is 0.440. The van der Waals surface area contributed by atoms with E-state index in [-0.39, 0.29) is 17.2 Å². The van der Waals surface area contributed by atoms with Crippen molar-refractivity contribution in [1.29, 1.82) is 0 Å². The first-order chi connectivity index (χ1) is 17.0. The zero-order valence-corrected chi connectivity index (χ0v) is 20.1. The maximum Gasteiger partial charge on any atom is 0.261 e. The van der Waals surface area contributed by atoms with Gasteiger partial charge < -0.3 is 14.7 Å². The van der Waals surface area contributed by atoms with Gasteiger partial charge >= 0.3 is 0 Å². The number of carbonyl (C=O) groups excluding carboxylic acids is 1. The Kier molecular flexibility index (Phi) is 6.53. The number of hydrogen-bond acceptors (Lipinski definition) is 5. The third kappa shape index (κ3) is 5.06. The summed E-state index contributed by atoms with van der Waals surface area (Å²) in [6, 6.07) is 19.6. The molecular formula is C28H30N4O3. The first-order valence-electron chi connectivity index (χ1n) is 11.9. The predicted molar refractivity (Wildman–Crippen MR) is 137 cm³/mol. The van der Waals surface area contributed by atoms with E-state index in [0.29, 0.717) is 11.9 Å². The normalized spacial score (nSPS) is 14.3. The van der Waals surface area contributed by atoms with Crippen LogP contribution in [0, 0.1) is 6.92 Å². The Morgan fingerprint density at radius 3 is 2.66 bits per heavy atom. The van der Waals surface area contributed by atoms with Crippen LogP contribution in [-0.4, -0.2) is 59.5 Å². The minimum atomic E-state index is -0.268. The molecule has 1 aromatic heterocycles. The minimum Gasteiger partial charge on any atom is -0.507 e. The molecule has 2 heterocycles. The molecule has 180 valence electrons. The van der Waals surface area contributed by atoms with Gasteiger partial charge in [-0.05, 0) is 36.2 Å². The minimum absolute atomic E-state index is 0.0652. The topological polar surface area (TPSA) is 81.7 Å². The molecule has 7 heteroatoms. The number of fused-ring (bicyclic) bond motifs is 1. The molecule has 0 saturated carbocycles. The number of hydrogen-bond donors (Lipinski definition) is 2. The van der Waals surface area contributed by atoms with Gasteiger partial charge in [-0.2, -0.15) is 5.10 Å². The van der Waals surface area contributed by atoms with Crippen LogP contribution < -0.4 is 4.90 Å². The van der Waals surface area contributed by atoms with E-state index in [4.69, 9.17) is 4.74 Å². The molecule has 0 atom stereocenters. The fourth-order valence-electron chi connectivity index (χ4n) is 4.61. The van der Waals surface area contributed by atoms with Crippen LogP contribution in [0.1, 0.15) is 32.7 Å². The summed E-state index contributed by atoms with van der Waals surface area (Å²) in [6.07, 6.45) is 0.638. The maximum atomic E-state index is 13.5. The zero-order valence-electron chi connectivity index (χ0n) is 20.1. The van der Waals surface area contributed by atoms with Gasteiger partial charge in [-0.3, -0.25) is 14.8 Å². The number of morpholine rings is 1. The SMILES string of the molecule is Cc1cccc(Cc2n[nH]c3cc(O)c(C(=O)N(C)c4cccc(CN5CCOCC5)c4)cc23)c1. The number of anilines is 1. The number of H-pyrrole nitrogens is 1. The van der Waals surface area contributed by atoms with Gasteiger partial charge in [-0.1, -0.05) is 42.0 Å². The van der Waals surface area contributed by atoms with Gasteiger partial charge in [0, 0.05) is 50.2 Å². The Bertz CT molecular complexity index is 1360. The molecule has 7 nitrogen and oxygen atoms in total. The molecule has 0 spiro atoms.